The van der Waals surface area contributed by atoms with Crippen LogP contribution in [0.3, 0.4) is 0 Å². The van der Waals surface area contributed by atoms with Gasteiger partial charge in [-0.1, -0.05) is 34.6 Å². The number of hydrogen-bond acceptors (Lipinski definition) is 3. The molecular formula is C17H32N2S. The first-order valence-electron chi connectivity index (χ1n) is 7.69. The van der Waals surface area contributed by atoms with Gasteiger partial charge in [-0.3, -0.25) is 4.90 Å². The lowest BCUT2D eigenvalue weighted by Gasteiger charge is -2.33. The van der Waals surface area contributed by atoms with Gasteiger partial charge in [0.25, 0.3) is 0 Å². The maximum absolute atomic E-state index is 6.06. The lowest BCUT2D eigenvalue weighted by molar-refractivity contribution is 0.171. The molecule has 0 aliphatic carbocycles. The number of nitrogens with two attached hydrogens (primary N) is 1. The van der Waals surface area contributed by atoms with E-state index in [0.29, 0.717) is 18.6 Å². The Hall–Kier alpha value is -0.380. The van der Waals surface area contributed by atoms with Crippen molar-refractivity contribution in [3.63, 3.8) is 0 Å². The van der Waals surface area contributed by atoms with Gasteiger partial charge < -0.3 is 5.73 Å². The minimum absolute atomic E-state index is 0.226. The van der Waals surface area contributed by atoms with Gasteiger partial charge in [-0.15, -0.1) is 11.3 Å². The second-order valence-corrected chi connectivity index (χ2v) is 8.46. The number of thiophene rings is 1. The predicted octanol–water partition coefficient (Wildman–Crippen LogP) is 4.41. The van der Waals surface area contributed by atoms with E-state index >= 15 is 0 Å². The molecule has 0 spiro atoms. The molecule has 0 radical (unpaired) electrons. The average Bonchev–Trinajstić information content (AvgIpc) is 2.78. The zero-order valence-electron chi connectivity index (χ0n) is 14.2. The third-order valence-corrected chi connectivity index (χ3v) is 5.53. The van der Waals surface area contributed by atoms with Crippen LogP contribution in [0.2, 0.25) is 0 Å². The molecule has 0 bridgehead atoms. The summed E-state index contributed by atoms with van der Waals surface area (Å²) in [6.07, 6.45) is 1.21. The Balaban J connectivity index is 2.87. The van der Waals surface area contributed by atoms with Crippen molar-refractivity contribution in [2.45, 2.75) is 65.5 Å². The molecule has 0 fully saturated rings. The minimum atomic E-state index is 0.226. The van der Waals surface area contributed by atoms with Crippen LogP contribution in [-0.4, -0.2) is 24.5 Å². The molecule has 2 unspecified atom stereocenters. The van der Waals surface area contributed by atoms with Crippen LogP contribution in [0.4, 0.5) is 0 Å². The van der Waals surface area contributed by atoms with Crippen LogP contribution in [0.5, 0.6) is 0 Å². The fourth-order valence-electron chi connectivity index (χ4n) is 2.57. The molecule has 0 saturated carbocycles. The normalized spacial score (nSPS) is 15.9. The molecule has 1 heterocycles. The average molecular weight is 297 g/mol. The Bertz CT molecular complexity index is 403. The highest BCUT2D eigenvalue weighted by atomic mass is 32.1. The van der Waals surface area contributed by atoms with Gasteiger partial charge >= 0.3 is 0 Å². The van der Waals surface area contributed by atoms with Gasteiger partial charge in [-0.05, 0) is 43.9 Å². The van der Waals surface area contributed by atoms with Gasteiger partial charge in [0.15, 0.2) is 0 Å². The summed E-state index contributed by atoms with van der Waals surface area (Å²) in [6.45, 7) is 14.4. The topological polar surface area (TPSA) is 29.3 Å². The van der Waals surface area contributed by atoms with E-state index in [0.717, 1.165) is 5.92 Å². The molecule has 2 atom stereocenters. The summed E-state index contributed by atoms with van der Waals surface area (Å²) in [7, 11) is 2.21. The fraction of sp³-hybridized carbons (Fsp3) is 0.765. The first-order chi connectivity index (χ1) is 9.16. The van der Waals surface area contributed by atoms with Crippen LogP contribution in [-0.2, 0) is 5.41 Å². The third-order valence-electron chi connectivity index (χ3n) is 3.92. The zero-order chi connectivity index (χ0) is 15.5. The fourth-order valence-corrected chi connectivity index (χ4v) is 3.80. The van der Waals surface area contributed by atoms with Crippen LogP contribution >= 0.6 is 11.3 Å². The highest BCUT2D eigenvalue weighted by Gasteiger charge is 2.24. The van der Waals surface area contributed by atoms with Gasteiger partial charge in [-0.25, -0.2) is 0 Å². The minimum Gasteiger partial charge on any atom is -0.329 e. The van der Waals surface area contributed by atoms with Gasteiger partial charge in [0.05, 0.1) is 6.04 Å². The summed E-state index contributed by atoms with van der Waals surface area (Å²) in [5.74, 6) is 0.722. The van der Waals surface area contributed by atoms with Gasteiger partial charge in [0.2, 0.25) is 0 Å². The summed E-state index contributed by atoms with van der Waals surface area (Å²) in [6, 6.07) is 5.43. The lowest BCUT2D eigenvalue weighted by Crippen LogP contribution is -2.37. The molecular weight excluding hydrogens is 264 g/mol. The smallest absolute Gasteiger partial charge is 0.0564 e. The maximum Gasteiger partial charge on any atom is 0.0564 e. The summed E-state index contributed by atoms with van der Waals surface area (Å²) in [5, 5.41) is 0. The second-order valence-electron chi connectivity index (χ2n) is 7.35. The van der Waals surface area contributed by atoms with Crippen molar-refractivity contribution in [2.24, 2.45) is 11.7 Å². The van der Waals surface area contributed by atoms with Crippen LogP contribution in [0, 0.1) is 5.92 Å². The quantitative estimate of drug-likeness (QED) is 0.842. The Morgan fingerprint density at radius 1 is 1.20 bits per heavy atom. The van der Waals surface area contributed by atoms with Crippen molar-refractivity contribution in [2.75, 3.05) is 13.6 Å². The number of rotatable bonds is 6. The molecule has 116 valence electrons. The van der Waals surface area contributed by atoms with E-state index < -0.39 is 0 Å². The van der Waals surface area contributed by atoms with Crippen molar-refractivity contribution < 1.29 is 0 Å². The monoisotopic (exact) mass is 296 g/mol. The predicted molar refractivity (Wildman–Crippen MR) is 91.5 cm³/mol. The van der Waals surface area contributed by atoms with Crippen LogP contribution in [0.25, 0.3) is 0 Å². The maximum atomic E-state index is 6.06. The van der Waals surface area contributed by atoms with Gasteiger partial charge in [0.1, 0.15) is 0 Å². The molecule has 1 rings (SSSR count). The van der Waals surface area contributed by atoms with E-state index in [1.807, 2.05) is 11.3 Å². The van der Waals surface area contributed by atoms with Gasteiger partial charge in [0, 0.05) is 22.3 Å². The van der Waals surface area contributed by atoms with Crippen LogP contribution in [0.1, 0.15) is 63.8 Å². The van der Waals surface area contributed by atoms with E-state index in [9.17, 15) is 0 Å². The molecule has 20 heavy (non-hydrogen) atoms. The molecule has 0 amide bonds. The van der Waals surface area contributed by atoms with Gasteiger partial charge in [-0.2, -0.15) is 0 Å². The molecule has 0 saturated heterocycles. The van der Waals surface area contributed by atoms with E-state index in [2.05, 4.69) is 65.6 Å². The number of nitrogens with zero attached hydrogens (tertiary/aromatic N) is 1. The Morgan fingerprint density at radius 2 is 1.80 bits per heavy atom. The Labute approximate surface area is 129 Å². The van der Waals surface area contributed by atoms with Crippen LogP contribution in [0.15, 0.2) is 12.1 Å². The standard InChI is InChI=1S/C17H32N2S/c1-12(2)10-13(3)19(7)14(11-18)15-8-9-16(20-15)17(4,5)6/h8-9,12-14H,10-11,18H2,1-7H3. The molecule has 0 aliphatic heterocycles. The molecule has 0 aromatic carbocycles. The Kier molecular flexibility index (Phi) is 6.24. The number of hydrogen-bond donors (Lipinski definition) is 1. The van der Waals surface area contributed by atoms with Crippen LogP contribution < -0.4 is 5.73 Å². The van der Waals surface area contributed by atoms with E-state index in [-0.39, 0.29) is 5.41 Å². The molecule has 2 nitrogen and oxygen atoms in total. The van der Waals surface area contributed by atoms with E-state index in [1.165, 1.54) is 16.2 Å². The van der Waals surface area contributed by atoms with Crippen molar-refractivity contribution in [1.82, 2.24) is 4.90 Å². The SMILES string of the molecule is CC(C)CC(C)N(C)C(CN)c1ccc(C(C)(C)C)s1. The van der Waals surface area contributed by atoms with Crippen molar-refractivity contribution in [1.29, 1.82) is 0 Å². The molecule has 3 heteroatoms. The van der Waals surface area contributed by atoms with E-state index in [1.54, 1.807) is 0 Å². The number of likely N-dealkylation sites (N-methyl/N-ethyl adjacent to an activating group) is 1. The first-order valence-corrected chi connectivity index (χ1v) is 8.50. The molecule has 2 N–H and O–H groups in total. The molecule has 1 aromatic heterocycles. The third kappa shape index (κ3) is 4.57. The summed E-state index contributed by atoms with van der Waals surface area (Å²) >= 11 is 1.92. The highest BCUT2D eigenvalue weighted by Crippen LogP contribution is 2.34. The Morgan fingerprint density at radius 3 is 2.20 bits per heavy atom. The lowest BCUT2D eigenvalue weighted by atomic mass is 9.95. The van der Waals surface area contributed by atoms with Crippen molar-refractivity contribution in [3.05, 3.63) is 21.9 Å². The molecule has 1 aromatic rings. The first kappa shape index (κ1) is 17.7. The second kappa shape index (κ2) is 7.06. The van der Waals surface area contributed by atoms with Crippen molar-refractivity contribution in [3.8, 4) is 0 Å². The largest absolute Gasteiger partial charge is 0.329 e. The summed E-state index contributed by atoms with van der Waals surface area (Å²) in [5.41, 5.74) is 6.28. The molecule has 0 aliphatic rings. The highest BCUT2D eigenvalue weighted by molar-refractivity contribution is 7.12. The zero-order valence-corrected chi connectivity index (χ0v) is 15.1. The van der Waals surface area contributed by atoms with E-state index in [4.69, 9.17) is 5.73 Å². The summed E-state index contributed by atoms with van der Waals surface area (Å²) in [4.78, 5) is 5.28. The van der Waals surface area contributed by atoms with Crippen molar-refractivity contribution >= 4 is 11.3 Å². The summed E-state index contributed by atoms with van der Waals surface area (Å²) < 4.78 is 0.